The number of likely N-dealkylation sites (N-methyl/N-ethyl adjacent to an activating group) is 1. The topological polar surface area (TPSA) is 324 Å². The van der Waals surface area contributed by atoms with Crippen molar-refractivity contribution in [2.24, 2.45) is 0 Å². The average Bonchev–Trinajstić information content (AvgIpc) is 1.62. The molecule has 4 rings (SSSR count). The molecular formula is C81H136N2Na2O21P2S2. The van der Waals surface area contributed by atoms with E-state index in [2.05, 4.69) is 93.3 Å². The van der Waals surface area contributed by atoms with E-state index in [1.807, 2.05) is 23.5 Å². The van der Waals surface area contributed by atoms with Crippen LogP contribution in [0.2, 0.25) is 0 Å². The largest absolute Gasteiger partial charge is 1.00 e. The van der Waals surface area contributed by atoms with Crippen LogP contribution in [0.15, 0.2) is 69.3 Å². The van der Waals surface area contributed by atoms with Gasteiger partial charge in [0.1, 0.15) is 19.3 Å². The SMILES string of the molecule is CCCCCCCCCCCC(=O)OCC(COP(=O)([O-])OCC(O)COP(=O)([O-])OCC(COC(=O)CCCCCCCCCCC)OC(=O)CCCCCCCCCCC)OC(=O)CCCCCCCCCCC.CSc1ccc2c(c1)C(N1CCN(C)CC1)Cc1ccccc1S2.O=C(O)C=CC(=O)O.[Na+].[Na+]. The molecule has 2 heterocycles. The van der Waals surface area contributed by atoms with E-state index in [-0.39, 0.29) is 84.8 Å². The summed E-state index contributed by atoms with van der Waals surface area (Å²) < 4.78 is 66.7. The number of hydrogen-bond acceptors (Lipinski definition) is 23. The van der Waals surface area contributed by atoms with E-state index < -0.39 is 109 Å². The molecule has 2 aliphatic heterocycles. The number of carboxylic acids is 2. The first-order valence-electron chi connectivity index (χ1n) is 40.6. The van der Waals surface area contributed by atoms with Crippen LogP contribution in [0, 0.1) is 0 Å². The van der Waals surface area contributed by atoms with Gasteiger partial charge < -0.3 is 67.0 Å². The molecule has 0 aliphatic carbocycles. The molecule has 1 fully saturated rings. The summed E-state index contributed by atoms with van der Waals surface area (Å²) in [5, 5.41) is 26.0. The molecule has 0 saturated carbocycles. The fourth-order valence-corrected chi connectivity index (χ4v) is 15.3. The van der Waals surface area contributed by atoms with Gasteiger partial charge >= 0.3 is 94.9 Å². The van der Waals surface area contributed by atoms with E-state index in [1.165, 1.54) is 142 Å². The molecule has 2 aromatic carbocycles. The molecule has 23 nitrogen and oxygen atoms in total. The number of ether oxygens (including phenoxy) is 4. The Kier molecular flexibility index (Phi) is 68.5. The van der Waals surface area contributed by atoms with Gasteiger partial charge in [-0.05, 0) is 80.8 Å². The molecule has 0 aromatic heterocycles. The Morgan fingerprint density at radius 3 is 1.17 bits per heavy atom. The van der Waals surface area contributed by atoms with Gasteiger partial charge in [-0.3, -0.25) is 33.2 Å². The van der Waals surface area contributed by atoms with Crippen molar-refractivity contribution in [1.82, 2.24) is 9.80 Å². The van der Waals surface area contributed by atoms with E-state index in [4.69, 9.17) is 47.3 Å². The van der Waals surface area contributed by atoms with Gasteiger partial charge in [-0.1, -0.05) is 263 Å². The second-order valence-corrected chi connectivity index (χ2v) is 33.1. The monoisotopic (exact) mass is 1640 g/mol. The van der Waals surface area contributed by atoms with Crippen LogP contribution in [0.1, 0.15) is 302 Å². The Balaban J connectivity index is 0.00000282. The molecule has 0 amide bonds. The first-order valence-corrected chi connectivity index (χ1v) is 45.6. The van der Waals surface area contributed by atoms with Crippen LogP contribution in [0.3, 0.4) is 0 Å². The third kappa shape index (κ3) is 58.6. The van der Waals surface area contributed by atoms with Gasteiger partial charge in [0, 0.05) is 84.7 Å². The Morgan fingerprint density at radius 1 is 0.482 bits per heavy atom. The minimum Gasteiger partial charge on any atom is -0.756 e. The number of carbonyl (C=O) groups excluding carboxylic acids is 4. The maximum absolute atomic E-state index is 12.8. The third-order valence-corrected chi connectivity index (χ3v) is 22.4. The summed E-state index contributed by atoms with van der Waals surface area (Å²) in [5.74, 6) is -4.75. The molecule has 5 atom stereocenters. The number of fused-ring (bicyclic) bond motifs is 2. The first kappa shape index (κ1) is 108. The predicted octanol–water partition coefficient (Wildman–Crippen LogP) is 12.1. The standard InChI is InChI=1S/C57H110O17P2.C20H24N2S2.C4H4O4.2Na/c1-5-9-13-17-21-25-29-33-37-41-54(59)67-47-52(73-56(61)43-39-35-31-27-23-19-15-11-7-3)49-71-75(63,64)69-45-51(58)46-70-76(65,66)72-50-53(74-57(62)44-40-36-32-28-24-20-16-12-8-4)48-68-55(60)42-38-34-30-26-22-18-14-10-6-2;1-21-9-11-22(12-10-21)18-13-15-5-3-4-6-19(15)24-20-8-7-16(23-2)14-17(18)20;5-3(6)1-2-4(7)8;;/h51-53,58H,5-50H2,1-4H3,(H,63,64)(H,65,66);3-8,14,18H,9-13H2,1-2H3;1-2H,(H,5,6)(H,7,8);;/q;;;2*+1/p-2. The molecule has 0 bridgehead atoms. The number of aliphatic carboxylic acids is 2. The van der Waals surface area contributed by atoms with Crippen LogP contribution >= 0.6 is 39.2 Å². The normalized spacial score (nSPS) is 15.4. The van der Waals surface area contributed by atoms with Crippen molar-refractivity contribution < 1.29 is 159 Å². The fourth-order valence-electron chi connectivity index (χ4n) is 12.2. The summed E-state index contributed by atoms with van der Waals surface area (Å²) in [6.07, 6.45) is 38.6. The van der Waals surface area contributed by atoms with Crippen LogP contribution in [0.5, 0.6) is 0 Å². The summed E-state index contributed by atoms with van der Waals surface area (Å²) in [5.41, 5.74) is 3.01. The number of unbranched alkanes of at least 4 members (excludes halogenated alkanes) is 32. The van der Waals surface area contributed by atoms with E-state index in [1.54, 1.807) is 0 Å². The number of aliphatic hydroxyl groups excluding tert-OH is 1. The molecule has 5 unspecified atom stereocenters. The average molecular weight is 1650 g/mol. The summed E-state index contributed by atoms with van der Waals surface area (Å²) >= 11 is 3.79. The number of esters is 4. The zero-order valence-electron chi connectivity index (χ0n) is 68.4. The Hall–Kier alpha value is -2.20. The van der Waals surface area contributed by atoms with Crippen LogP contribution in [0.4, 0.5) is 0 Å². The number of nitrogens with zero attached hydrogens (tertiary/aromatic N) is 2. The maximum atomic E-state index is 12.8. The van der Waals surface area contributed by atoms with Crippen LogP contribution < -0.4 is 68.9 Å². The number of hydrogen-bond donors (Lipinski definition) is 3. The minimum absolute atomic E-state index is 0. The summed E-state index contributed by atoms with van der Waals surface area (Å²) in [4.78, 5) is 105. The number of carbonyl (C=O) groups is 6. The number of carboxylic acid groups (broad SMARTS) is 2. The molecule has 2 aromatic rings. The number of rotatable bonds is 62. The Labute approximate surface area is 713 Å². The molecule has 620 valence electrons. The molecule has 0 radical (unpaired) electrons. The molecule has 2 aliphatic rings. The van der Waals surface area contributed by atoms with Crippen molar-refractivity contribution in [3.05, 3.63) is 65.7 Å². The number of phosphoric ester groups is 2. The van der Waals surface area contributed by atoms with E-state index in [0.29, 0.717) is 43.9 Å². The second-order valence-electron chi connectivity index (χ2n) is 28.3. The quantitative estimate of drug-likeness (QED) is 0.0105. The van der Waals surface area contributed by atoms with Gasteiger partial charge in [-0.25, -0.2) is 9.59 Å². The maximum Gasteiger partial charge on any atom is 1.00 e. The third-order valence-electron chi connectivity index (χ3n) is 18.6. The fraction of sp³-hybridized carbons (Fsp3) is 0.753. The van der Waals surface area contributed by atoms with Crippen molar-refractivity contribution in [2.45, 2.75) is 330 Å². The van der Waals surface area contributed by atoms with Crippen molar-refractivity contribution >= 4 is 75.0 Å². The van der Waals surface area contributed by atoms with Crippen LogP contribution in [-0.2, 0) is 81.4 Å². The van der Waals surface area contributed by atoms with Crippen molar-refractivity contribution in [3.63, 3.8) is 0 Å². The second kappa shape index (κ2) is 69.9. The molecule has 1 saturated heterocycles. The predicted molar refractivity (Wildman–Crippen MR) is 423 cm³/mol. The summed E-state index contributed by atoms with van der Waals surface area (Å²) in [6, 6.07) is 16.5. The smallest absolute Gasteiger partial charge is 0.756 e. The van der Waals surface area contributed by atoms with E-state index >= 15 is 0 Å². The number of aliphatic hydroxyl groups is 1. The zero-order chi connectivity index (χ0) is 79.3. The molecule has 0 spiro atoms. The first-order chi connectivity index (χ1) is 52.0. The Morgan fingerprint density at radius 2 is 0.818 bits per heavy atom. The van der Waals surface area contributed by atoms with Gasteiger partial charge in [-0.15, -0.1) is 11.8 Å². The van der Waals surface area contributed by atoms with Crippen molar-refractivity contribution in [2.75, 3.05) is 79.1 Å². The van der Waals surface area contributed by atoms with Crippen molar-refractivity contribution in [3.8, 4) is 0 Å². The van der Waals surface area contributed by atoms with Gasteiger partial charge in [0.2, 0.25) is 0 Å². The summed E-state index contributed by atoms with van der Waals surface area (Å²) in [6.45, 7) is 9.03. The van der Waals surface area contributed by atoms with Gasteiger partial charge in [0.15, 0.2) is 12.2 Å². The van der Waals surface area contributed by atoms with E-state index in [0.717, 1.165) is 122 Å². The van der Waals surface area contributed by atoms with E-state index in [9.17, 15) is 52.8 Å². The summed E-state index contributed by atoms with van der Waals surface area (Å²) in [7, 11) is -8.16. The molecule has 110 heavy (non-hydrogen) atoms. The number of thioether (sulfide) groups is 1. The minimum atomic E-state index is -5.20. The van der Waals surface area contributed by atoms with Crippen LogP contribution in [0.25, 0.3) is 0 Å². The van der Waals surface area contributed by atoms with Crippen LogP contribution in [-0.4, -0.2) is 158 Å². The zero-order valence-corrected chi connectivity index (χ0v) is 75.8. The van der Waals surface area contributed by atoms with Gasteiger partial charge in [-0.2, -0.15) is 0 Å². The van der Waals surface area contributed by atoms with Gasteiger partial charge in [0.05, 0.1) is 26.4 Å². The number of benzene rings is 2. The molecular weight excluding hydrogens is 1510 g/mol. The molecule has 3 N–H and O–H groups in total. The number of phosphoric acid groups is 2. The Bertz CT molecular complexity index is 2740. The number of piperazine rings is 1. The van der Waals surface area contributed by atoms with Crippen molar-refractivity contribution in [1.29, 1.82) is 0 Å². The molecule has 29 heteroatoms. The van der Waals surface area contributed by atoms with Gasteiger partial charge in [0.25, 0.3) is 15.6 Å².